The summed E-state index contributed by atoms with van der Waals surface area (Å²) in [4.78, 5) is 39.7. The molecule has 0 radical (unpaired) electrons. The number of carbonyl (C=O) groups is 2. The molecule has 8 fully saturated rings. The number of imidazole rings is 1. The van der Waals surface area contributed by atoms with E-state index in [1.807, 2.05) is 18.5 Å². The molecule has 16 rings (SSSR count). The van der Waals surface area contributed by atoms with Gasteiger partial charge in [-0.3, -0.25) is 9.59 Å². The molecule has 9 N–H and O–H groups in total. The summed E-state index contributed by atoms with van der Waals surface area (Å²) < 4.78 is 8.93. The zero-order chi connectivity index (χ0) is 57.6. The highest BCUT2D eigenvalue weighted by molar-refractivity contribution is 8.76. The lowest BCUT2D eigenvalue weighted by Crippen LogP contribution is -2.80. The molecule has 14 aliphatic rings. The van der Waals surface area contributed by atoms with Gasteiger partial charge in [-0.25, -0.2) is 4.98 Å². The van der Waals surface area contributed by atoms with Crippen molar-refractivity contribution in [3.63, 3.8) is 0 Å². The molecule has 17 heteroatoms. The van der Waals surface area contributed by atoms with Gasteiger partial charge in [0.05, 0.1) is 41.3 Å². The van der Waals surface area contributed by atoms with Gasteiger partial charge in [0.25, 0.3) is 0 Å². The topological polar surface area (TPSA) is 250 Å². The molecule has 82 heavy (non-hydrogen) atoms. The Balaban J connectivity index is 1.04. The lowest BCUT2D eigenvalue weighted by Gasteiger charge is -2.75. The van der Waals surface area contributed by atoms with Crippen molar-refractivity contribution in [1.29, 1.82) is 0 Å². The van der Waals surface area contributed by atoms with Crippen LogP contribution < -0.4 is 4.90 Å². The number of aliphatic hydroxyl groups excluding tert-OH is 5. The molecule has 6 aliphatic heterocycles. The minimum Gasteiger partial charge on any atom is -0.508 e. The number of allylic oxidation sites excluding steroid dienone is 2. The van der Waals surface area contributed by atoms with E-state index in [4.69, 9.17) is 9.72 Å². The van der Waals surface area contributed by atoms with Crippen molar-refractivity contribution >= 4 is 39.0 Å². The molecule has 7 heterocycles. The number of aryl methyl sites for hydroxylation is 2. The number of anilines is 1. The Hall–Kier alpha value is -2.81. The van der Waals surface area contributed by atoms with Gasteiger partial charge in [-0.15, -0.1) is 0 Å². The molecule has 21 unspecified atom stereocenters. The largest absolute Gasteiger partial charge is 0.508 e. The first-order valence-corrected chi connectivity index (χ1v) is 33.9. The molecule has 1 aromatic heterocycles. The Morgan fingerprint density at radius 1 is 0.878 bits per heavy atom. The van der Waals surface area contributed by atoms with Crippen molar-refractivity contribution in [2.45, 2.75) is 203 Å². The zero-order valence-electron chi connectivity index (χ0n) is 48.4. The maximum atomic E-state index is 16.7. The highest BCUT2D eigenvalue weighted by Crippen LogP contribution is 2.84. The zero-order valence-corrected chi connectivity index (χ0v) is 50.1. The van der Waals surface area contributed by atoms with Crippen LogP contribution in [0.2, 0.25) is 0 Å². The van der Waals surface area contributed by atoms with Gasteiger partial charge < -0.3 is 60.2 Å². The highest BCUT2D eigenvalue weighted by atomic mass is 33.1. The van der Waals surface area contributed by atoms with Gasteiger partial charge in [0.15, 0.2) is 5.78 Å². The number of phenolic OH excluding ortho intramolecular Hbond substituents is 1. The van der Waals surface area contributed by atoms with Gasteiger partial charge in [0.1, 0.15) is 34.3 Å². The third-order valence-corrected chi connectivity index (χ3v) is 29.7. The van der Waals surface area contributed by atoms with Crippen molar-refractivity contribution in [1.82, 2.24) is 9.55 Å². The number of aliphatic hydroxyl groups is 8. The molecule has 6 spiro atoms. The van der Waals surface area contributed by atoms with Crippen LogP contribution >= 0.6 is 21.6 Å². The Kier molecular flexibility index (Phi) is 13.3. The number of benzene rings is 1. The Labute approximate surface area is 490 Å². The average molecular weight is 1170 g/mol. The third kappa shape index (κ3) is 6.83. The maximum absolute atomic E-state index is 16.7. The minimum absolute atomic E-state index is 0.0294. The first-order chi connectivity index (χ1) is 39.1. The number of aromatic nitrogens is 2. The van der Waals surface area contributed by atoms with Gasteiger partial charge in [-0.1, -0.05) is 74.3 Å². The molecule has 2 aromatic rings. The Bertz CT molecular complexity index is 2990. The number of rotatable bonds is 5. The number of aromatic hydroxyl groups is 1. The minimum atomic E-state index is -2.13. The molecule has 12 bridgehead atoms. The van der Waals surface area contributed by atoms with E-state index < -0.39 is 109 Å². The van der Waals surface area contributed by atoms with E-state index in [1.54, 1.807) is 23.1 Å². The van der Waals surface area contributed by atoms with E-state index in [0.717, 1.165) is 17.8 Å². The van der Waals surface area contributed by atoms with E-state index >= 15 is 14.7 Å². The van der Waals surface area contributed by atoms with Crippen LogP contribution in [0, 0.1) is 79.3 Å². The van der Waals surface area contributed by atoms with Crippen LogP contribution in [0.5, 0.6) is 5.75 Å². The number of carbonyl (C=O) groups excluding carboxylic acids is 2. The summed E-state index contributed by atoms with van der Waals surface area (Å²) in [5.41, 5.74) is -14.0. The van der Waals surface area contributed by atoms with Crippen LogP contribution in [-0.4, -0.2) is 139 Å². The summed E-state index contributed by atoms with van der Waals surface area (Å²) in [5, 5.41) is 118. The van der Waals surface area contributed by atoms with Crippen LogP contribution in [0.4, 0.5) is 5.69 Å². The summed E-state index contributed by atoms with van der Waals surface area (Å²) in [6, 6.07) is 5.37. The number of phenols is 1. The quantitative estimate of drug-likeness (QED) is 0.0816. The summed E-state index contributed by atoms with van der Waals surface area (Å²) in [6.07, 6.45) is 15.0. The second-order valence-electron chi connectivity index (χ2n) is 29.5. The molecular weight excluding hydrogens is 1080 g/mol. The summed E-state index contributed by atoms with van der Waals surface area (Å²) >= 11 is 0. The third-order valence-electron chi connectivity index (χ3n) is 27.0. The Morgan fingerprint density at radius 3 is 2.45 bits per heavy atom. The van der Waals surface area contributed by atoms with Gasteiger partial charge in [-0.2, -0.15) is 0 Å². The van der Waals surface area contributed by atoms with Crippen molar-refractivity contribution in [2.75, 3.05) is 30.4 Å². The molecule has 8 aliphatic carbocycles. The molecule has 1 aromatic carbocycles. The second-order valence-corrected chi connectivity index (χ2v) is 32.0. The van der Waals surface area contributed by atoms with Gasteiger partial charge >= 0.3 is 0 Å². The number of epoxide rings is 1. The Morgan fingerprint density at radius 2 is 1.70 bits per heavy atom. The number of ketones is 1. The molecule has 2 saturated heterocycles. The molecule has 1 amide bonds. The predicted molar refractivity (Wildman–Crippen MR) is 311 cm³/mol. The summed E-state index contributed by atoms with van der Waals surface area (Å²) in [5.74, 6) is -1.18. The summed E-state index contributed by atoms with van der Waals surface area (Å²) in [6.45, 7) is 8.31. The summed E-state index contributed by atoms with van der Waals surface area (Å²) in [7, 11) is 2.55. The number of fused-ring (bicyclic) bond motifs is 3. The number of hydrogen-bond acceptors (Lipinski definition) is 15. The molecule has 6 saturated carbocycles. The lowest BCUT2D eigenvalue weighted by molar-refractivity contribution is -0.314. The van der Waals surface area contributed by atoms with E-state index in [-0.39, 0.29) is 73.8 Å². The van der Waals surface area contributed by atoms with E-state index in [1.165, 1.54) is 21.6 Å². The molecule has 15 nitrogen and oxygen atoms in total. The fourth-order valence-electron chi connectivity index (χ4n) is 23.2. The van der Waals surface area contributed by atoms with E-state index in [2.05, 4.69) is 44.4 Å². The van der Waals surface area contributed by atoms with Crippen molar-refractivity contribution in [2.24, 2.45) is 79.3 Å². The average Bonchev–Trinajstić information content (AvgIpc) is 1.09. The fourth-order valence-corrected chi connectivity index (χ4v) is 26.2. The first kappa shape index (κ1) is 57.0. The van der Waals surface area contributed by atoms with Crippen LogP contribution in [0.15, 0.2) is 54.4 Å². The fraction of sp³-hybridized carbons (Fsp3) is 0.769. The lowest BCUT2D eigenvalue weighted by atomic mass is 9.29. The van der Waals surface area contributed by atoms with Gasteiger partial charge in [0, 0.05) is 78.2 Å². The number of hydrogen-bond donors (Lipinski definition) is 9. The van der Waals surface area contributed by atoms with Crippen molar-refractivity contribution in [3.8, 4) is 5.75 Å². The van der Waals surface area contributed by atoms with Crippen LogP contribution in [-0.2, 0) is 33.7 Å². The van der Waals surface area contributed by atoms with Crippen molar-refractivity contribution in [3.05, 3.63) is 65.8 Å². The van der Waals surface area contributed by atoms with Crippen molar-refractivity contribution < 1.29 is 60.3 Å². The number of amides is 1. The molecule has 21 atom stereocenters. The standard InChI is InChI=1S/C65H89N3O12S2/c1-37(2)38(3)52-53(80-52)61(77)19-8-17-57-16-7-12-51-66-23-24-67(51)32-40-13-20-59(29-40)56(4)46(30-57)45-28-49(73)60(56,31-50(74)64(59,79)36-70)55(76)82-81-34-42-10-5-9-41(33-69)65(42)54(75)68(35-58(65)18-6-11-48(58)72)43-25-39(26-44(71)27-43)14-21-62(57)47(61)15-22-63(45,62)78/h8,17,23-28,37-38,40-42,46-48,50,52-53,55,69-72,74,76-79H,5-7,9-16,18-22,29-36H2,1-4H3. The second kappa shape index (κ2) is 19.1. The normalized spacial score (nSPS) is 49.7. The SMILES string of the molecule is CC(C)C(C)C1OC1C1(O)CC=CC23CCCc4nccn4CC4CCC5(C4)C(O)(CO)C(O)CC46C(=O)C=C(C(C2)C45C)C2(O)CCC1C32CCc1cc(O)cc(c1)N1CC2(CCCC2O)C2(C1=O)C(CO)CCCC2CSSC6O. The first-order valence-electron chi connectivity index (χ1n) is 31.5. The van der Waals surface area contributed by atoms with E-state index in [9.17, 15) is 40.9 Å². The predicted octanol–water partition coefficient (Wildman–Crippen LogP) is 7.20. The highest BCUT2D eigenvalue weighted by Gasteiger charge is 2.86. The smallest absolute Gasteiger partial charge is 0.234 e. The molecule has 448 valence electrons. The van der Waals surface area contributed by atoms with Crippen LogP contribution in [0.25, 0.3) is 0 Å². The van der Waals surface area contributed by atoms with E-state index in [0.29, 0.717) is 120 Å². The van der Waals surface area contributed by atoms with Gasteiger partial charge in [-0.05, 0) is 178 Å². The van der Waals surface area contributed by atoms with Crippen LogP contribution in [0.3, 0.4) is 0 Å². The maximum Gasteiger partial charge on any atom is 0.234 e. The van der Waals surface area contributed by atoms with Gasteiger partial charge in [0.2, 0.25) is 5.91 Å². The monoisotopic (exact) mass is 1170 g/mol. The number of nitrogens with zero attached hydrogens (tertiary/aromatic N) is 3. The molecular formula is C65H89N3O12S2. The van der Waals surface area contributed by atoms with Crippen LogP contribution in [0.1, 0.15) is 148 Å². The number of ether oxygens (including phenoxy) is 1.